The molecule has 214 valence electrons. The molecule has 0 saturated carbocycles. The number of methoxy groups -OCH3 is 1. The summed E-state index contributed by atoms with van der Waals surface area (Å²) in [6.45, 7) is 4.06. The summed E-state index contributed by atoms with van der Waals surface area (Å²) in [6.07, 6.45) is 1.91. The lowest BCUT2D eigenvalue weighted by Crippen LogP contribution is -2.38. The van der Waals surface area contributed by atoms with E-state index in [1.165, 1.54) is 29.9 Å². The van der Waals surface area contributed by atoms with Gasteiger partial charge in [0, 0.05) is 43.2 Å². The molecule has 2 aromatic carbocycles. The van der Waals surface area contributed by atoms with E-state index >= 15 is 0 Å². The summed E-state index contributed by atoms with van der Waals surface area (Å²) in [5.41, 5.74) is 0.750. The van der Waals surface area contributed by atoms with Crippen molar-refractivity contribution in [3.63, 3.8) is 0 Å². The van der Waals surface area contributed by atoms with Gasteiger partial charge in [-0.3, -0.25) is 4.90 Å². The normalized spacial score (nSPS) is 14.3. The van der Waals surface area contributed by atoms with Gasteiger partial charge in [-0.15, -0.1) is 12.4 Å². The zero-order valence-electron chi connectivity index (χ0n) is 21.7. The predicted molar refractivity (Wildman–Crippen MR) is 152 cm³/mol. The molecule has 10 nitrogen and oxygen atoms in total. The van der Waals surface area contributed by atoms with E-state index in [1.807, 2.05) is 0 Å². The van der Waals surface area contributed by atoms with Crippen molar-refractivity contribution in [3.05, 3.63) is 47.5 Å². The summed E-state index contributed by atoms with van der Waals surface area (Å²) >= 11 is 5.84. The second-order valence-electron chi connectivity index (χ2n) is 8.79. The molecule has 0 radical (unpaired) electrons. The summed E-state index contributed by atoms with van der Waals surface area (Å²) in [6, 6.07) is 7.67. The maximum Gasteiger partial charge on any atom is 0.214 e. The van der Waals surface area contributed by atoms with Crippen LogP contribution in [0.4, 0.5) is 15.9 Å². The van der Waals surface area contributed by atoms with E-state index in [2.05, 4.69) is 20.2 Å². The van der Waals surface area contributed by atoms with E-state index in [-0.39, 0.29) is 42.0 Å². The molecule has 0 aliphatic carbocycles. The number of nitrogens with zero attached hydrogens (tertiary/aromatic N) is 4. The molecule has 0 atom stereocenters. The predicted octanol–water partition coefficient (Wildman–Crippen LogP) is 3.96. The second-order valence-corrected chi connectivity index (χ2v) is 11.4. The first kappa shape index (κ1) is 31.1. The number of sulfonamides is 1. The Kier molecular flexibility index (Phi) is 11.3. The highest BCUT2D eigenvalue weighted by molar-refractivity contribution is 7.89. The second kappa shape index (κ2) is 14.2. The Hall–Kier alpha value is -2.48. The van der Waals surface area contributed by atoms with Gasteiger partial charge in [-0.1, -0.05) is 11.6 Å². The molecule has 1 aromatic heterocycles. The number of halogens is 3. The van der Waals surface area contributed by atoms with Crippen LogP contribution >= 0.6 is 24.0 Å². The van der Waals surface area contributed by atoms with Gasteiger partial charge in [0.05, 0.1) is 37.3 Å². The standard InChI is InChI=1S/C25H31ClFN5O5S.ClH/c1-31(38(33,34)13-3-6-32-8-10-36-11-9-32)7-12-37-24-16-22-19(15-23(24)35-2)25(29-17-28-22)30-21-5-4-18(26)14-20(21)27;/h4-5,14-17H,3,6-13H2,1-2H3,(H,28,29,30);1H. The molecule has 4 rings (SSSR count). The van der Waals surface area contributed by atoms with Gasteiger partial charge in [0.15, 0.2) is 11.5 Å². The number of rotatable bonds is 12. The van der Waals surface area contributed by atoms with Crippen molar-refractivity contribution in [2.75, 3.05) is 71.2 Å². The van der Waals surface area contributed by atoms with Crippen molar-refractivity contribution in [2.45, 2.75) is 6.42 Å². The monoisotopic (exact) mass is 603 g/mol. The molecule has 1 fully saturated rings. The van der Waals surface area contributed by atoms with Crippen LogP contribution in [0.3, 0.4) is 0 Å². The molecule has 1 aliphatic rings. The SMILES string of the molecule is COc1cc2c(Nc3ccc(Cl)cc3F)ncnc2cc1OCCN(C)S(=O)(=O)CCCN1CCOCC1.Cl. The van der Waals surface area contributed by atoms with E-state index in [4.69, 9.17) is 25.8 Å². The van der Waals surface area contributed by atoms with Crippen LogP contribution in [0.15, 0.2) is 36.7 Å². The molecule has 0 amide bonds. The van der Waals surface area contributed by atoms with E-state index in [0.717, 1.165) is 19.6 Å². The fourth-order valence-electron chi connectivity index (χ4n) is 4.03. The number of likely N-dealkylation sites (N-methyl/N-ethyl adjacent to an activating group) is 1. The van der Waals surface area contributed by atoms with Crippen LogP contribution in [0.1, 0.15) is 6.42 Å². The quantitative estimate of drug-likeness (QED) is 0.329. The van der Waals surface area contributed by atoms with Gasteiger partial charge in [0.1, 0.15) is 24.6 Å². The number of anilines is 2. The Labute approximate surface area is 238 Å². The minimum atomic E-state index is -3.41. The molecular formula is C25H32Cl2FN5O5S. The number of hydrogen-bond acceptors (Lipinski definition) is 9. The smallest absolute Gasteiger partial charge is 0.214 e. The lowest BCUT2D eigenvalue weighted by atomic mass is 10.2. The minimum absolute atomic E-state index is 0. The Morgan fingerprint density at radius 1 is 1.18 bits per heavy atom. The molecular weight excluding hydrogens is 572 g/mol. The molecule has 3 aromatic rings. The highest BCUT2D eigenvalue weighted by atomic mass is 35.5. The summed E-state index contributed by atoms with van der Waals surface area (Å²) in [4.78, 5) is 10.7. The summed E-state index contributed by atoms with van der Waals surface area (Å²) < 4.78 is 57.7. The highest BCUT2D eigenvalue weighted by Crippen LogP contribution is 2.35. The van der Waals surface area contributed by atoms with E-state index in [0.29, 0.717) is 47.9 Å². The van der Waals surface area contributed by atoms with Crippen molar-refractivity contribution in [1.29, 1.82) is 0 Å². The zero-order valence-corrected chi connectivity index (χ0v) is 24.1. The van der Waals surface area contributed by atoms with Gasteiger partial charge < -0.3 is 19.5 Å². The topological polar surface area (TPSA) is 106 Å². The first-order chi connectivity index (χ1) is 18.3. The maximum absolute atomic E-state index is 14.3. The average Bonchev–Trinajstić information content (AvgIpc) is 2.90. The summed E-state index contributed by atoms with van der Waals surface area (Å²) in [5, 5.41) is 3.84. The lowest BCUT2D eigenvalue weighted by Gasteiger charge is -2.26. The van der Waals surface area contributed by atoms with Crippen LogP contribution in [-0.4, -0.2) is 93.5 Å². The molecule has 2 heterocycles. The van der Waals surface area contributed by atoms with E-state index in [9.17, 15) is 12.8 Å². The van der Waals surface area contributed by atoms with Gasteiger partial charge in [0.2, 0.25) is 10.0 Å². The Morgan fingerprint density at radius 2 is 1.95 bits per heavy atom. The number of hydrogen-bond donors (Lipinski definition) is 1. The van der Waals surface area contributed by atoms with Crippen LogP contribution in [0, 0.1) is 5.82 Å². The summed E-state index contributed by atoms with van der Waals surface area (Å²) in [7, 11) is -0.369. The van der Waals surface area contributed by atoms with Crippen LogP contribution in [0.25, 0.3) is 10.9 Å². The maximum atomic E-state index is 14.3. The van der Waals surface area contributed by atoms with Gasteiger partial charge in [0.25, 0.3) is 0 Å². The number of fused-ring (bicyclic) bond motifs is 1. The van der Waals surface area contributed by atoms with Crippen molar-refractivity contribution in [3.8, 4) is 11.5 Å². The van der Waals surface area contributed by atoms with Crippen molar-refractivity contribution >= 4 is 56.4 Å². The third kappa shape index (κ3) is 8.26. The number of nitrogens with one attached hydrogen (secondary N) is 1. The molecule has 14 heteroatoms. The first-order valence-electron chi connectivity index (χ1n) is 12.2. The van der Waals surface area contributed by atoms with Crippen molar-refractivity contribution in [2.24, 2.45) is 0 Å². The Bertz CT molecular complexity index is 1360. The average molecular weight is 605 g/mol. The highest BCUT2D eigenvalue weighted by Gasteiger charge is 2.20. The van der Waals surface area contributed by atoms with Crippen LogP contribution in [0.2, 0.25) is 5.02 Å². The zero-order chi connectivity index (χ0) is 27.1. The molecule has 0 bridgehead atoms. The number of ether oxygens (including phenoxy) is 3. The summed E-state index contributed by atoms with van der Waals surface area (Å²) in [5.74, 6) is 0.741. The van der Waals surface area contributed by atoms with Crippen LogP contribution in [0.5, 0.6) is 11.5 Å². The first-order valence-corrected chi connectivity index (χ1v) is 14.2. The molecule has 39 heavy (non-hydrogen) atoms. The van der Waals surface area contributed by atoms with E-state index in [1.54, 1.807) is 25.2 Å². The number of morpholine rings is 1. The van der Waals surface area contributed by atoms with Crippen molar-refractivity contribution in [1.82, 2.24) is 19.2 Å². The Balaban J connectivity index is 0.00000420. The number of aromatic nitrogens is 2. The van der Waals surface area contributed by atoms with Gasteiger partial charge in [-0.25, -0.2) is 27.1 Å². The minimum Gasteiger partial charge on any atom is -0.493 e. The lowest BCUT2D eigenvalue weighted by molar-refractivity contribution is 0.0380. The van der Waals surface area contributed by atoms with E-state index < -0.39 is 15.8 Å². The fourth-order valence-corrected chi connectivity index (χ4v) is 5.35. The largest absolute Gasteiger partial charge is 0.493 e. The fraction of sp³-hybridized carbons (Fsp3) is 0.440. The van der Waals surface area contributed by atoms with Gasteiger partial charge >= 0.3 is 0 Å². The molecule has 0 spiro atoms. The number of benzene rings is 2. The molecule has 1 N–H and O–H groups in total. The molecule has 1 saturated heterocycles. The third-order valence-corrected chi connectivity index (χ3v) is 8.40. The molecule has 0 unspecified atom stereocenters. The van der Waals surface area contributed by atoms with Gasteiger partial charge in [-0.2, -0.15) is 0 Å². The van der Waals surface area contributed by atoms with Gasteiger partial charge in [-0.05, 0) is 37.2 Å². The van der Waals surface area contributed by atoms with Crippen molar-refractivity contribution < 1.29 is 27.0 Å². The molecule has 1 aliphatic heterocycles. The third-order valence-electron chi connectivity index (χ3n) is 6.22. The van der Waals surface area contributed by atoms with Crippen LogP contribution < -0.4 is 14.8 Å². The Morgan fingerprint density at radius 3 is 2.67 bits per heavy atom. The van der Waals surface area contributed by atoms with Crippen LogP contribution in [-0.2, 0) is 14.8 Å².